The Labute approximate surface area is 185 Å². The molecule has 8 heteroatoms. The Morgan fingerprint density at radius 3 is 2.34 bits per heavy atom. The van der Waals surface area contributed by atoms with Crippen molar-refractivity contribution in [2.24, 2.45) is 0 Å². The number of amides is 1. The molecule has 1 N–H and O–H groups in total. The third-order valence-electron chi connectivity index (χ3n) is 5.29. The van der Waals surface area contributed by atoms with Gasteiger partial charge in [0.1, 0.15) is 5.75 Å². The van der Waals surface area contributed by atoms with E-state index in [4.69, 9.17) is 4.74 Å². The van der Waals surface area contributed by atoms with Crippen molar-refractivity contribution in [3.05, 3.63) is 51.6 Å². The number of benzene rings is 2. The summed E-state index contributed by atoms with van der Waals surface area (Å²) in [5.41, 5.74) is 1.05. The van der Waals surface area contributed by atoms with Crippen LogP contribution in [0.4, 0.5) is 5.69 Å². The average Bonchev–Trinajstić information content (AvgIpc) is 2.74. The van der Waals surface area contributed by atoms with E-state index in [0.717, 1.165) is 29.3 Å². The second kappa shape index (κ2) is 9.44. The molecule has 0 aliphatic heterocycles. The van der Waals surface area contributed by atoms with Crippen LogP contribution in [0.5, 0.6) is 5.75 Å². The van der Waals surface area contributed by atoms with Gasteiger partial charge in [0.15, 0.2) is 0 Å². The fourth-order valence-electron chi connectivity index (χ4n) is 3.53. The van der Waals surface area contributed by atoms with E-state index >= 15 is 0 Å². The van der Waals surface area contributed by atoms with Crippen LogP contribution in [0.3, 0.4) is 0 Å². The van der Waals surface area contributed by atoms with Crippen LogP contribution >= 0.6 is 22.6 Å². The highest BCUT2D eigenvalue weighted by atomic mass is 127. The largest absolute Gasteiger partial charge is 0.496 e. The summed E-state index contributed by atoms with van der Waals surface area (Å²) in [7, 11) is -0.303. The molecule has 3 rings (SSSR count). The van der Waals surface area contributed by atoms with Crippen LogP contribution in [-0.2, 0) is 10.0 Å². The van der Waals surface area contributed by atoms with Crippen molar-refractivity contribution >= 4 is 44.2 Å². The Morgan fingerprint density at radius 2 is 1.76 bits per heavy atom. The summed E-state index contributed by atoms with van der Waals surface area (Å²) >= 11 is 2.11. The normalized spacial score (nSPS) is 15.3. The zero-order chi connectivity index (χ0) is 21.0. The number of ether oxygens (including phenoxy) is 1. The maximum Gasteiger partial charge on any atom is 0.255 e. The third kappa shape index (κ3) is 5.10. The highest BCUT2D eigenvalue weighted by Crippen LogP contribution is 2.27. The molecule has 6 nitrogen and oxygen atoms in total. The molecule has 0 heterocycles. The molecule has 156 valence electrons. The summed E-state index contributed by atoms with van der Waals surface area (Å²) in [5.74, 6) is 0.444. The van der Waals surface area contributed by atoms with Gasteiger partial charge in [-0.25, -0.2) is 8.42 Å². The Bertz CT molecular complexity index is 971. The molecule has 2 aromatic rings. The molecule has 2 aromatic carbocycles. The van der Waals surface area contributed by atoms with E-state index in [1.807, 2.05) is 0 Å². The van der Waals surface area contributed by atoms with Gasteiger partial charge < -0.3 is 10.1 Å². The Kier molecular flexibility index (Phi) is 7.18. The number of sulfonamides is 1. The summed E-state index contributed by atoms with van der Waals surface area (Å²) < 4.78 is 33.4. The molecule has 0 spiro atoms. The first-order valence-corrected chi connectivity index (χ1v) is 12.1. The summed E-state index contributed by atoms with van der Waals surface area (Å²) in [4.78, 5) is 12.7. The second-order valence-electron chi connectivity index (χ2n) is 7.14. The van der Waals surface area contributed by atoms with Crippen molar-refractivity contribution in [3.8, 4) is 5.75 Å². The summed E-state index contributed by atoms with van der Waals surface area (Å²) in [6.45, 7) is 0. The fourth-order valence-corrected chi connectivity index (χ4v) is 5.68. The minimum Gasteiger partial charge on any atom is -0.496 e. The van der Waals surface area contributed by atoms with Gasteiger partial charge in [-0.15, -0.1) is 0 Å². The molecule has 0 unspecified atom stereocenters. The van der Waals surface area contributed by atoms with Crippen molar-refractivity contribution in [2.75, 3.05) is 19.5 Å². The summed E-state index contributed by atoms with van der Waals surface area (Å²) in [6.07, 6.45) is 5.13. The maximum atomic E-state index is 12.9. The first-order valence-electron chi connectivity index (χ1n) is 9.56. The predicted octanol–water partition coefficient (Wildman–Crippen LogP) is 4.51. The van der Waals surface area contributed by atoms with Crippen LogP contribution in [0.15, 0.2) is 47.4 Å². The van der Waals surface area contributed by atoms with Gasteiger partial charge in [0, 0.05) is 24.3 Å². The molecule has 0 radical (unpaired) electrons. The molecule has 1 amide bonds. The van der Waals surface area contributed by atoms with Crippen molar-refractivity contribution in [2.45, 2.75) is 43.0 Å². The highest BCUT2D eigenvalue weighted by Gasteiger charge is 2.28. The quantitative estimate of drug-likeness (QED) is 0.561. The SMILES string of the molecule is COc1ccc(C(=O)Nc2ccc(S(=O)(=O)N(C)C3CCCCC3)cc2)cc1I. The Hall–Kier alpha value is -1.65. The van der Waals surface area contributed by atoms with Gasteiger partial charge in [0.05, 0.1) is 15.6 Å². The van der Waals surface area contributed by atoms with E-state index in [9.17, 15) is 13.2 Å². The molecule has 0 aromatic heterocycles. The summed E-state index contributed by atoms with van der Waals surface area (Å²) in [5, 5.41) is 2.80. The lowest BCUT2D eigenvalue weighted by molar-refractivity contribution is 0.102. The molecular formula is C21H25IN2O4S. The molecule has 1 saturated carbocycles. The van der Waals surface area contributed by atoms with E-state index in [1.54, 1.807) is 56.6 Å². The molecule has 0 bridgehead atoms. The zero-order valence-electron chi connectivity index (χ0n) is 16.5. The van der Waals surface area contributed by atoms with Crippen LogP contribution in [-0.4, -0.2) is 38.8 Å². The van der Waals surface area contributed by atoms with E-state index < -0.39 is 10.0 Å². The average molecular weight is 528 g/mol. The van der Waals surface area contributed by atoms with E-state index in [0.29, 0.717) is 17.0 Å². The topological polar surface area (TPSA) is 75.7 Å². The van der Waals surface area contributed by atoms with Gasteiger partial charge in [-0.05, 0) is 77.9 Å². The number of rotatable bonds is 6. The number of nitrogens with zero attached hydrogens (tertiary/aromatic N) is 1. The number of hydrogen-bond donors (Lipinski definition) is 1. The first kappa shape index (κ1) is 22.0. The molecule has 29 heavy (non-hydrogen) atoms. The fraction of sp³-hybridized carbons (Fsp3) is 0.381. The van der Waals surface area contributed by atoms with Crippen molar-refractivity contribution in [3.63, 3.8) is 0 Å². The number of anilines is 1. The maximum absolute atomic E-state index is 12.9. The molecular weight excluding hydrogens is 503 g/mol. The van der Waals surface area contributed by atoms with E-state index in [2.05, 4.69) is 27.9 Å². The lowest BCUT2D eigenvalue weighted by atomic mass is 9.96. The number of nitrogens with one attached hydrogen (secondary N) is 1. The number of methoxy groups -OCH3 is 1. The first-order chi connectivity index (χ1) is 13.8. The van der Waals surface area contributed by atoms with Gasteiger partial charge in [-0.3, -0.25) is 4.79 Å². The minimum absolute atomic E-state index is 0.0608. The van der Waals surface area contributed by atoms with Crippen LogP contribution in [0, 0.1) is 3.57 Å². The molecule has 1 aliphatic carbocycles. The van der Waals surface area contributed by atoms with Crippen molar-refractivity contribution in [1.82, 2.24) is 4.31 Å². The Morgan fingerprint density at radius 1 is 1.10 bits per heavy atom. The monoisotopic (exact) mass is 528 g/mol. The van der Waals surface area contributed by atoms with Crippen LogP contribution in [0.25, 0.3) is 0 Å². The van der Waals surface area contributed by atoms with E-state index in [1.165, 1.54) is 10.7 Å². The van der Waals surface area contributed by atoms with Crippen molar-refractivity contribution < 1.29 is 17.9 Å². The predicted molar refractivity (Wildman–Crippen MR) is 122 cm³/mol. The minimum atomic E-state index is -3.54. The standard InChI is InChI=1S/C21H25IN2O4S/c1-24(17-6-4-3-5-7-17)29(26,27)18-11-9-16(10-12-18)23-21(25)15-8-13-20(28-2)19(22)14-15/h8-14,17H,3-7H2,1-2H3,(H,23,25). The number of carbonyl (C=O) groups excluding carboxylic acids is 1. The lowest BCUT2D eigenvalue weighted by Gasteiger charge is -2.30. The van der Waals surface area contributed by atoms with E-state index in [-0.39, 0.29) is 16.8 Å². The molecule has 1 aliphatic rings. The number of carbonyl (C=O) groups is 1. The summed E-state index contributed by atoms with van der Waals surface area (Å²) in [6, 6.07) is 11.6. The molecule has 1 fully saturated rings. The van der Waals surface area contributed by atoms with Crippen LogP contribution < -0.4 is 10.1 Å². The van der Waals surface area contributed by atoms with Gasteiger partial charge in [-0.1, -0.05) is 19.3 Å². The number of hydrogen-bond acceptors (Lipinski definition) is 4. The van der Waals surface area contributed by atoms with Crippen LogP contribution in [0.1, 0.15) is 42.5 Å². The smallest absolute Gasteiger partial charge is 0.255 e. The molecule has 0 saturated heterocycles. The Balaban J connectivity index is 1.71. The van der Waals surface area contributed by atoms with Gasteiger partial charge >= 0.3 is 0 Å². The third-order valence-corrected chi connectivity index (χ3v) is 8.06. The number of halogens is 1. The van der Waals surface area contributed by atoms with Crippen molar-refractivity contribution in [1.29, 1.82) is 0 Å². The van der Waals surface area contributed by atoms with Gasteiger partial charge in [0.25, 0.3) is 5.91 Å². The van der Waals surface area contributed by atoms with Gasteiger partial charge in [-0.2, -0.15) is 4.31 Å². The zero-order valence-corrected chi connectivity index (χ0v) is 19.5. The molecule has 0 atom stereocenters. The van der Waals surface area contributed by atoms with Gasteiger partial charge in [0.2, 0.25) is 10.0 Å². The van der Waals surface area contributed by atoms with Crippen LogP contribution in [0.2, 0.25) is 0 Å². The highest BCUT2D eigenvalue weighted by molar-refractivity contribution is 14.1. The lowest BCUT2D eigenvalue weighted by Crippen LogP contribution is -2.38. The second-order valence-corrected chi connectivity index (χ2v) is 10.3.